The van der Waals surface area contributed by atoms with Crippen LogP contribution in [0.25, 0.3) is 16.7 Å². The number of Topliss-reactive ketones (excluding diaryl/α,β-unsaturated/α-hetero) is 1. The lowest BCUT2D eigenvalue weighted by Crippen LogP contribution is -2.15. The number of benzene rings is 1. The molecule has 0 aliphatic heterocycles. The molecule has 2 aromatic heterocycles. The van der Waals surface area contributed by atoms with Gasteiger partial charge in [0, 0.05) is 31.9 Å². The third-order valence-corrected chi connectivity index (χ3v) is 5.73. The van der Waals surface area contributed by atoms with Gasteiger partial charge in [-0.25, -0.2) is 4.98 Å². The van der Waals surface area contributed by atoms with Crippen LogP contribution >= 0.6 is 0 Å². The second-order valence-electron chi connectivity index (χ2n) is 9.93. The zero-order chi connectivity index (χ0) is 25.5. The molecule has 3 rings (SSSR count). The van der Waals surface area contributed by atoms with Gasteiger partial charge in [0.2, 0.25) is 11.6 Å². The minimum atomic E-state index is -0.0634. The summed E-state index contributed by atoms with van der Waals surface area (Å²) in [5.41, 5.74) is 2.72. The van der Waals surface area contributed by atoms with E-state index in [9.17, 15) is 9.59 Å². The second kappa shape index (κ2) is 12.0. The van der Waals surface area contributed by atoms with Crippen LogP contribution in [-0.4, -0.2) is 44.9 Å². The molecule has 0 aliphatic rings. The van der Waals surface area contributed by atoms with Crippen LogP contribution in [0.3, 0.4) is 0 Å². The molecule has 35 heavy (non-hydrogen) atoms. The van der Waals surface area contributed by atoms with Gasteiger partial charge in [0.25, 0.3) is 0 Å². The van der Waals surface area contributed by atoms with Crippen molar-refractivity contribution in [3.8, 4) is 5.75 Å². The standard InChI is InChI=1S/C26H38N6O3/c1-16(2)12-19(33)10-8-7-9-11-27-25-26-31-30-18(5)32(26)22-14-21(28-24(34)13-17(3)4)23(35-6)15-20(22)29-25/h14-17H,7-13H2,1-6H3,(H,27,29)(H,28,34). The van der Waals surface area contributed by atoms with Crippen LogP contribution in [-0.2, 0) is 9.59 Å². The number of hydrogen-bond acceptors (Lipinski definition) is 7. The summed E-state index contributed by atoms with van der Waals surface area (Å²) in [6.07, 6.45) is 4.54. The fraction of sp³-hybridized carbons (Fsp3) is 0.577. The number of amides is 1. The van der Waals surface area contributed by atoms with Crippen LogP contribution in [0.1, 0.15) is 72.0 Å². The van der Waals surface area contributed by atoms with Gasteiger partial charge in [0.15, 0.2) is 5.82 Å². The van der Waals surface area contributed by atoms with Crippen LogP contribution < -0.4 is 15.4 Å². The van der Waals surface area contributed by atoms with Crippen molar-refractivity contribution < 1.29 is 14.3 Å². The van der Waals surface area contributed by atoms with Gasteiger partial charge >= 0.3 is 0 Å². The van der Waals surface area contributed by atoms with E-state index in [1.807, 2.05) is 37.3 Å². The Bertz CT molecular complexity index is 1180. The Kier molecular flexibility index (Phi) is 9.01. The van der Waals surface area contributed by atoms with Crippen molar-refractivity contribution >= 4 is 39.9 Å². The number of fused-ring (bicyclic) bond motifs is 3. The minimum Gasteiger partial charge on any atom is -0.494 e. The molecular weight excluding hydrogens is 444 g/mol. The highest BCUT2D eigenvalue weighted by Gasteiger charge is 2.17. The Morgan fingerprint density at radius 1 is 1.03 bits per heavy atom. The number of ether oxygens (including phenoxy) is 1. The SMILES string of the molecule is COc1cc2nc(NCCCCCC(=O)CC(C)C)c3nnc(C)n3c2cc1NC(=O)CC(C)C. The summed E-state index contributed by atoms with van der Waals surface area (Å²) in [6.45, 7) is 10.8. The molecule has 0 atom stereocenters. The number of carbonyl (C=O) groups excluding carboxylic acids is 2. The van der Waals surface area contributed by atoms with Crippen LogP contribution in [0, 0.1) is 18.8 Å². The highest BCUT2D eigenvalue weighted by Crippen LogP contribution is 2.32. The van der Waals surface area contributed by atoms with E-state index >= 15 is 0 Å². The molecule has 0 saturated heterocycles. The van der Waals surface area contributed by atoms with E-state index in [0.29, 0.717) is 59.4 Å². The Morgan fingerprint density at radius 3 is 2.46 bits per heavy atom. The summed E-state index contributed by atoms with van der Waals surface area (Å²) < 4.78 is 7.49. The smallest absolute Gasteiger partial charge is 0.224 e. The van der Waals surface area contributed by atoms with Crippen molar-refractivity contribution in [2.45, 2.75) is 73.1 Å². The number of carbonyl (C=O) groups is 2. The van der Waals surface area contributed by atoms with E-state index in [1.54, 1.807) is 7.11 Å². The number of unbranched alkanes of at least 4 members (excludes halogenated alkanes) is 2. The number of methoxy groups -OCH3 is 1. The quantitative estimate of drug-likeness (QED) is 0.323. The molecule has 0 bridgehead atoms. The minimum absolute atomic E-state index is 0.0634. The van der Waals surface area contributed by atoms with Crippen molar-refractivity contribution in [2.24, 2.45) is 11.8 Å². The van der Waals surface area contributed by atoms with Crippen molar-refractivity contribution in [1.29, 1.82) is 0 Å². The number of ketones is 1. The zero-order valence-corrected chi connectivity index (χ0v) is 21.8. The van der Waals surface area contributed by atoms with E-state index in [2.05, 4.69) is 34.7 Å². The second-order valence-corrected chi connectivity index (χ2v) is 9.93. The number of aryl methyl sites for hydroxylation is 1. The van der Waals surface area contributed by atoms with Crippen LogP contribution in [0.15, 0.2) is 12.1 Å². The topological polar surface area (TPSA) is 111 Å². The predicted octanol–water partition coefficient (Wildman–Crippen LogP) is 5.17. The molecule has 190 valence electrons. The van der Waals surface area contributed by atoms with Gasteiger partial charge in [0.1, 0.15) is 17.4 Å². The van der Waals surface area contributed by atoms with Crippen LogP contribution in [0.2, 0.25) is 0 Å². The van der Waals surface area contributed by atoms with E-state index < -0.39 is 0 Å². The maximum atomic E-state index is 12.4. The monoisotopic (exact) mass is 482 g/mol. The van der Waals surface area contributed by atoms with Gasteiger partial charge in [0.05, 0.1) is 23.8 Å². The molecular formula is C26H38N6O3. The van der Waals surface area contributed by atoms with Gasteiger partial charge in [-0.05, 0) is 37.7 Å². The first-order valence-corrected chi connectivity index (χ1v) is 12.5. The van der Waals surface area contributed by atoms with Crippen molar-refractivity contribution in [3.05, 3.63) is 18.0 Å². The molecule has 0 spiro atoms. The first-order chi connectivity index (χ1) is 16.7. The summed E-state index contributed by atoms with van der Waals surface area (Å²) in [7, 11) is 1.58. The first-order valence-electron chi connectivity index (χ1n) is 12.5. The lowest BCUT2D eigenvalue weighted by molar-refractivity contribution is -0.120. The lowest BCUT2D eigenvalue weighted by Gasteiger charge is -2.15. The summed E-state index contributed by atoms with van der Waals surface area (Å²) in [4.78, 5) is 29.1. The van der Waals surface area contributed by atoms with E-state index in [-0.39, 0.29) is 11.8 Å². The molecule has 9 heteroatoms. The third-order valence-electron chi connectivity index (χ3n) is 5.73. The average Bonchev–Trinajstić information content (AvgIpc) is 3.16. The number of aromatic nitrogens is 4. The number of hydrogen-bond donors (Lipinski definition) is 2. The number of anilines is 2. The van der Waals surface area contributed by atoms with E-state index in [0.717, 1.165) is 37.1 Å². The molecule has 0 saturated carbocycles. The fourth-order valence-electron chi connectivity index (χ4n) is 4.15. The normalized spacial score (nSPS) is 11.5. The average molecular weight is 483 g/mol. The van der Waals surface area contributed by atoms with E-state index in [1.165, 1.54) is 0 Å². The Hall–Kier alpha value is -3.23. The zero-order valence-electron chi connectivity index (χ0n) is 21.8. The van der Waals surface area contributed by atoms with Gasteiger partial charge in [-0.2, -0.15) is 0 Å². The Balaban J connectivity index is 1.77. The Morgan fingerprint density at radius 2 is 1.77 bits per heavy atom. The number of nitrogens with one attached hydrogen (secondary N) is 2. The predicted molar refractivity (Wildman–Crippen MR) is 139 cm³/mol. The van der Waals surface area contributed by atoms with E-state index in [4.69, 9.17) is 9.72 Å². The number of nitrogens with zero attached hydrogens (tertiary/aromatic N) is 4. The summed E-state index contributed by atoms with van der Waals surface area (Å²) in [6, 6.07) is 3.69. The lowest BCUT2D eigenvalue weighted by atomic mass is 10.0. The molecule has 1 aromatic carbocycles. The van der Waals surface area contributed by atoms with Gasteiger partial charge in [-0.15, -0.1) is 10.2 Å². The van der Waals surface area contributed by atoms with Crippen molar-refractivity contribution in [3.63, 3.8) is 0 Å². The molecule has 3 aromatic rings. The summed E-state index contributed by atoms with van der Waals surface area (Å²) in [5, 5.41) is 14.9. The maximum absolute atomic E-state index is 12.4. The van der Waals surface area contributed by atoms with Crippen molar-refractivity contribution in [1.82, 2.24) is 19.6 Å². The van der Waals surface area contributed by atoms with Crippen molar-refractivity contribution in [2.75, 3.05) is 24.3 Å². The first kappa shape index (κ1) is 26.4. The molecule has 2 heterocycles. The highest BCUT2D eigenvalue weighted by atomic mass is 16.5. The molecule has 0 radical (unpaired) electrons. The Labute approximate surface area is 207 Å². The molecule has 9 nitrogen and oxygen atoms in total. The van der Waals surface area contributed by atoms with Gasteiger partial charge < -0.3 is 15.4 Å². The largest absolute Gasteiger partial charge is 0.494 e. The maximum Gasteiger partial charge on any atom is 0.224 e. The molecule has 2 N–H and O–H groups in total. The highest BCUT2D eigenvalue weighted by molar-refractivity contribution is 5.96. The number of rotatable bonds is 13. The summed E-state index contributed by atoms with van der Waals surface area (Å²) in [5.74, 6) is 2.87. The molecule has 0 aliphatic carbocycles. The fourth-order valence-corrected chi connectivity index (χ4v) is 4.15. The molecule has 1 amide bonds. The van der Waals surface area contributed by atoms with Crippen LogP contribution in [0.5, 0.6) is 5.75 Å². The summed E-state index contributed by atoms with van der Waals surface area (Å²) >= 11 is 0. The molecule has 0 fully saturated rings. The third kappa shape index (κ3) is 6.90. The van der Waals surface area contributed by atoms with Gasteiger partial charge in [-0.3, -0.25) is 14.0 Å². The van der Waals surface area contributed by atoms with Gasteiger partial charge in [-0.1, -0.05) is 34.1 Å². The van der Waals surface area contributed by atoms with Crippen LogP contribution in [0.4, 0.5) is 11.5 Å². The molecule has 0 unspecified atom stereocenters.